The van der Waals surface area contributed by atoms with Crippen LogP contribution in [0.25, 0.3) is 10.6 Å². The molecule has 1 N–H and O–H groups in total. The fraction of sp³-hybridized carbons (Fsp3) is 0.444. The lowest BCUT2D eigenvalue weighted by atomic mass is 9.87. The first-order chi connectivity index (χ1) is 11.2. The van der Waals surface area contributed by atoms with E-state index in [1.165, 1.54) is 43.4 Å². The highest BCUT2D eigenvalue weighted by molar-refractivity contribution is 7.13. The minimum Gasteiger partial charge on any atom is -0.351 e. The van der Waals surface area contributed by atoms with Crippen LogP contribution in [0.15, 0.2) is 29.6 Å². The number of carbonyl (C=O) groups is 1. The zero-order valence-corrected chi connectivity index (χ0v) is 14.6. The van der Waals surface area contributed by atoms with E-state index in [1.54, 1.807) is 5.38 Å². The van der Waals surface area contributed by atoms with Gasteiger partial charge in [0.1, 0.15) is 10.7 Å². The monoisotopic (exact) mass is 348 g/mol. The molecule has 3 nitrogen and oxygen atoms in total. The number of carbonyl (C=O) groups excluding carboxylic acids is 1. The maximum absolute atomic E-state index is 12.2. The maximum atomic E-state index is 12.2. The Balaban J connectivity index is 1.55. The van der Waals surface area contributed by atoms with Crippen LogP contribution in [-0.2, 0) is 0 Å². The van der Waals surface area contributed by atoms with Gasteiger partial charge in [0.25, 0.3) is 5.91 Å². The number of hydrogen-bond acceptors (Lipinski definition) is 3. The molecule has 0 atom stereocenters. The van der Waals surface area contributed by atoms with E-state index in [1.807, 2.05) is 24.3 Å². The van der Waals surface area contributed by atoms with Crippen molar-refractivity contribution < 1.29 is 4.79 Å². The molecular formula is C18H21ClN2OS. The molecule has 0 unspecified atom stereocenters. The summed E-state index contributed by atoms with van der Waals surface area (Å²) in [7, 11) is 0. The van der Waals surface area contributed by atoms with Gasteiger partial charge in [-0.05, 0) is 18.4 Å². The van der Waals surface area contributed by atoms with Gasteiger partial charge in [-0.15, -0.1) is 11.3 Å². The van der Waals surface area contributed by atoms with Gasteiger partial charge in [-0.3, -0.25) is 4.79 Å². The third-order valence-electron chi connectivity index (χ3n) is 4.40. The normalized spacial score (nSPS) is 15.5. The zero-order valence-electron chi connectivity index (χ0n) is 13.1. The Bertz CT molecular complexity index is 665. The van der Waals surface area contributed by atoms with E-state index in [9.17, 15) is 4.79 Å². The predicted molar refractivity (Wildman–Crippen MR) is 96.1 cm³/mol. The van der Waals surface area contributed by atoms with Crippen LogP contribution in [0.3, 0.4) is 0 Å². The van der Waals surface area contributed by atoms with Crippen LogP contribution in [0.2, 0.25) is 5.02 Å². The summed E-state index contributed by atoms with van der Waals surface area (Å²) in [4.78, 5) is 16.6. The summed E-state index contributed by atoms with van der Waals surface area (Å²) in [6, 6.07) is 7.57. The Morgan fingerprint density at radius 2 is 2.04 bits per heavy atom. The number of nitrogens with zero attached hydrogens (tertiary/aromatic N) is 1. The topological polar surface area (TPSA) is 42.0 Å². The number of halogens is 1. The number of amides is 1. The number of rotatable bonds is 5. The minimum absolute atomic E-state index is 0.0876. The molecule has 2 aromatic rings. The Morgan fingerprint density at radius 3 is 2.83 bits per heavy atom. The van der Waals surface area contributed by atoms with Gasteiger partial charge in [0.2, 0.25) is 0 Å². The number of aromatic nitrogens is 1. The van der Waals surface area contributed by atoms with Gasteiger partial charge in [-0.1, -0.05) is 61.9 Å². The largest absolute Gasteiger partial charge is 0.351 e. The molecule has 122 valence electrons. The van der Waals surface area contributed by atoms with Crippen molar-refractivity contribution in [2.45, 2.75) is 38.5 Å². The number of thiazole rings is 1. The minimum atomic E-state index is -0.0876. The van der Waals surface area contributed by atoms with Crippen LogP contribution >= 0.6 is 22.9 Å². The van der Waals surface area contributed by atoms with Crippen LogP contribution < -0.4 is 5.32 Å². The van der Waals surface area contributed by atoms with Crippen LogP contribution in [0.5, 0.6) is 0 Å². The number of hydrogen-bond donors (Lipinski definition) is 1. The predicted octanol–water partition coefficient (Wildman–Crippen LogP) is 5.16. The molecule has 0 spiro atoms. The Labute approximate surface area is 146 Å². The molecule has 0 bridgehead atoms. The van der Waals surface area contributed by atoms with Gasteiger partial charge in [0.15, 0.2) is 0 Å². The van der Waals surface area contributed by atoms with E-state index >= 15 is 0 Å². The standard InChI is InChI=1S/C18H21ClN2OS/c19-15-9-5-4-8-14(15)18-21-16(12-23-18)17(22)20-11-10-13-6-2-1-3-7-13/h4-5,8-9,12-13H,1-3,6-7,10-11H2,(H,20,22). The van der Waals surface area contributed by atoms with Crippen molar-refractivity contribution in [1.82, 2.24) is 10.3 Å². The van der Waals surface area contributed by atoms with E-state index in [2.05, 4.69) is 10.3 Å². The third kappa shape index (κ3) is 4.33. The maximum Gasteiger partial charge on any atom is 0.270 e. The second kappa shape index (κ2) is 7.93. The average molecular weight is 349 g/mol. The molecule has 1 aromatic heterocycles. The quantitative estimate of drug-likeness (QED) is 0.810. The van der Waals surface area contributed by atoms with Crippen molar-refractivity contribution in [1.29, 1.82) is 0 Å². The lowest BCUT2D eigenvalue weighted by Gasteiger charge is -2.21. The van der Waals surface area contributed by atoms with Gasteiger partial charge in [0.05, 0.1) is 5.02 Å². The van der Waals surface area contributed by atoms with Crippen molar-refractivity contribution in [3.05, 3.63) is 40.4 Å². The summed E-state index contributed by atoms with van der Waals surface area (Å²) in [6.45, 7) is 0.739. The molecule has 3 rings (SSSR count). The Hall–Kier alpha value is -1.39. The molecule has 1 aromatic carbocycles. The molecule has 1 heterocycles. The van der Waals surface area contributed by atoms with Crippen LogP contribution in [0, 0.1) is 5.92 Å². The molecule has 1 amide bonds. The van der Waals surface area contributed by atoms with Crippen molar-refractivity contribution in [3.63, 3.8) is 0 Å². The van der Waals surface area contributed by atoms with Crippen molar-refractivity contribution >= 4 is 28.8 Å². The molecule has 1 aliphatic carbocycles. The SMILES string of the molecule is O=C(NCCC1CCCCC1)c1csc(-c2ccccc2Cl)n1. The first kappa shape index (κ1) is 16.5. The molecule has 1 saturated carbocycles. The van der Waals surface area contributed by atoms with Crippen molar-refractivity contribution in [2.24, 2.45) is 5.92 Å². The van der Waals surface area contributed by atoms with Crippen LogP contribution in [0.4, 0.5) is 0 Å². The van der Waals surface area contributed by atoms with E-state index < -0.39 is 0 Å². The fourth-order valence-corrected chi connectivity index (χ4v) is 4.21. The van der Waals surface area contributed by atoms with Crippen LogP contribution in [0.1, 0.15) is 49.0 Å². The molecule has 1 fully saturated rings. The van der Waals surface area contributed by atoms with Gasteiger partial charge in [0, 0.05) is 17.5 Å². The fourth-order valence-electron chi connectivity index (χ4n) is 3.09. The first-order valence-corrected chi connectivity index (χ1v) is 9.48. The van der Waals surface area contributed by atoms with E-state index in [0.717, 1.165) is 29.5 Å². The third-order valence-corrected chi connectivity index (χ3v) is 5.61. The second-order valence-electron chi connectivity index (χ2n) is 6.07. The summed E-state index contributed by atoms with van der Waals surface area (Å²) in [5, 5.41) is 6.24. The average Bonchev–Trinajstić information content (AvgIpc) is 3.06. The van der Waals surface area contributed by atoms with E-state index in [4.69, 9.17) is 11.6 Å². The highest BCUT2D eigenvalue weighted by Crippen LogP contribution is 2.30. The van der Waals surface area contributed by atoms with Crippen LogP contribution in [-0.4, -0.2) is 17.4 Å². The first-order valence-electron chi connectivity index (χ1n) is 8.22. The van der Waals surface area contributed by atoms with E-state index in [0.29, 0.717) is 10.7 Å². The van der Waals surface area contributed by atoms with Crippen molar-refractivity contribution in [3.8, 4) is 10.6 Å². The highest BCUT2D eigenvalue weighted by atomic mass is 35.5. The van der Waals surface area contributed by atoms with Gasteiger partial charge in [-0.2, -0.15) is 0 Å². The Kier molecular flexibility index (Phi) is 5.68. The molecule has 5 heteroatoms. The second-order valence-corrected chi connectivity index (χ2v) is 7.33. The van der Waals surface area contributed by atoms with Gasteiger partial charge < -0.3 is 5.32 Å². The van der Waals surface area contributed by atoms with Gasteiger partial charge >= 0.3 is 0 Å². The molecule has 0 radical (unpaired) electrons. The molecular weight excluding hydrogens is 328 g/mol. The lowest BCUT2D eigenvalue weighted by Crippen LogP contribution is -2.26. The van der Waals surface area contributed by atoms with Gasteiger partial charge in [-0.25, -0.2) is 4.98 Å². The molecule has 23 heavy (non-hydrogen) atoms. The Morgan fingerprint density at radius 1 is 1.26 bits per heavy atom. The van der Waals surface area contributed by atoms with E-state index in [-0.39, 0.29) is 5.91 Å². The van der Waals surface area contributed by atoms with Crippen molar-refractivity contribution in [2.75, 3.05) is 6.54 Å². The lowest BCUT2D eigenvalue weighted by molar-refractivity contribution is 0.0946. The summed E-state index contributed by atoms with van der Waals surface area (Å²) >= 11 is 7.63. The molecule has 0 saturated heterocycles. The summed E-state index contributed by atoms with van der Waals surface area (Å²) in [5.74, 6) is 0.688. The zero-order chi connectivity index (χ0) is 16.1. The highest BCUT2D eigenvalue weighted by Gasteiger charge is 2.15. The molecule has 0 aliphatic heterocycles. The number of benzene rings is 1. The summed E-state index contributed by atoms with van der Waals surface area (Å²) < 4.78 is 0. The number of nitrogens with one attached hydrogen (secondary N) is 1. The smallest absolute Gasteiger partial charge is 0.270 e. The molecule has 1 aliphatic rings. The summed E-state index contributed by atoms with van der Waals surface area (Å²) in [6.07, 6.45) is 7.74. The summed E-state index contributed by atoms with van der Waals surface area (Å²) in [5.41, 5.74) is 1.36.